The Morgan fingerprint density at radius 1 is 1.12 bits per heavy atom. The van der Waals surface area contributed by atoms with Crippen LogP contribution in [0.25, 0.3) is 11.3 Å². The van der Waals surface area contributed by atoms with Gasteiger partial charge in [-0.3, -0.25) is 9.78 Å². The van der Waals surface area contributed by atoms with Gasteiger partial charge in [0.25, 0.3) is 0 Å². The second-order valence-corrected chi connectivity index (χ2v) is 9.32. The third-order valence-corrected chi connectivity index (χ3v) is 7.08. The van der Waals surface area contributed by atoms with Gasteiger partial charge in [-0.1, -0.05) is 19.1 Å². The Bertz CT molecular complexity index is 1220. The smallest absolute Gasteiger partial charge is 0.306 e. The molecule has 1 heterocycles. The van der Waals surface area contributed by atoms with Crippen molar-refractivity contribution in [3.05, 3.63) is 77.2 Å². The molecule has 0 radical (unpaired) electrons. The van der Waals surface area contributed by atoms with Gasteiger partial charge in [0.05, 0.1) is 18.7 Å². The molecule has 0 bridgehead atoms. The summed E-state index contributed by atoms with van der Waals surface area (Å²) in [6.07, 6.45) is 5.42. The molecule has 0 spiro atoms. The van der Waals surface area contributed by atoms with Crippen molar-refractivity contribution in [2.24, 2.45) is 11.8 Å². The molecule has 3 atom stereocenters. The third kappa shape index (κ3) is 4.37. The topological polar surface area (TPSA) is 68.7 Å². The Morgan fingerprint density at radius 2 is 1.94 bits per heavy atom. The first-order valence-electron chi connectivity index (χ1n) is 11.8. The van der Waals surface area contributed by atoms with Crippen molar-refractivity contribution in [2.75, 3.05) is 7.11 Å². The van der Waals surface area contributed by atoms with Crippen molar-refractivity contribution >= 4 is 5.97 Å². The number of halogens is 1. The van der Waals surface area contributed by atoms with Gasteiger partial charge in [0.15, 0.2) is 0 Å². The average Bonchev–Trinajstić information content (AvgIpc) is 3.60. The van der Waals surface area contributed by atoms with Crippen LogP contribution in [0.5, 0.6) is 11.5 Å². The second kappa shape index (κ2) is 9.09. The van der Waals surface area contributed by atoms with Crippen LogP contribution in [-0.2, 0) is 11.2 Å². The molecule has 1 saturated carbocycles. The zero-order chi connectivity index (χ0) is 23.8. The Kier molecular flexibility index (Phi) is 5.98. The Morgan fingerprint density at radius 3 is 2.68 bits per heavy atom. The van der Waals surface area contributed by atoms with E-state index in [1.165, 1.54) is 6.07 Å². The molecule has 5 rings (SSSR count). The summed E-state index contributed by atoms with van der Waals surface area (Å²) in [5.74, 6) is 0.212. The van der Waals surface area contributed by atoms with E-state index in [4.69, 9.17) is 9.47 Å². The minimum absolute atomic E-state index is 0.00102. The van der Waals surface area contributed by atoms with Crippen LogP contribution in [0.4, 0.5) is 4.39 Å². The molecule has 34 heavy (non-hydrogen) atoms. The lowest BCUT2D eigenvalue weighted by atomic mass is 9.83. The summed E-state index contributed by atoms with van der Waals surface area (Å²) in [6, 6.07) is 14.4. The number of aromatic nitrogens is 1. The van der Waals surface area contributed by atoms with E-state index in [2.05, 4.69) is 4.98 Å². The first-order valence-corrected chi connectivity index (χ1v) is 11.8. The van der Waals surface area contributed by atoms with Crippen molar-refractivity contribution in [1.82, 2.24) is 4.98 Å². The van der Waals surface area contributed by atoms with E-state index in [1.807, 2.05) is 30.3 Å². The molecule has 0 amide bonds. The Balaban J connectivity index is 1.37. The summed E-state index contributed by atoms with van der Waals surface area (Å²) in [4.78, 5) is 16.2. The fraction of sp³-hybridized carbons (Fsp3) is 0.357. The number of carbonyl (C=O) groups is 1. The van der Waals surface area contributed by atoms with Gasteiger partial charge in [-0.25, -0.2) is 4.39 Å². The predicted molar refractivity (Wildman–Crippen MR) is 127 cm³/mol. The minimum atomic E-state index is -0.762. The number of aliphatic carboxylic acids is 1. The number of carboxylic acid groups (broad SMARTS) is 1. The van der Waals surface area contributed by atoms with Gasteiger partial charge in [0, 0.05) is 17.3 Å². The minimum Gasteiger partial charge on any atom is -0.497 e. The predicted octanol–water partition coefficient (Wildman–Crippen LogP) is 6.18. The monoisotopic (exact) mass is 461 g/mol. The highest BCUT2D eigenvalue weighted by atomic mass is 19.1. The Hall–Kier alpha value is -3.41. The first kappa shape index (κ1) is 22.4. The number of methoxy groups -OCH3 is 1. The van der Waals surface area contributed by atoms with Crippen LogP contribution in [0.3, 0.4) is 0 Å². The van der Waals surface area contributed by atoms with Crippen molar-refractivity contribution < 1.29 is 23.8 Å². The maximum atomic E-state index is 14.4. The fourth-order valence-electron chi connectivity index (χ4n) is 5.09. The first-order chi connectivity index (χ1) is 16.4. The lowest BCUT2D eigenvalue weighted by molar-refractivity contribution is -0.142. The van der Waals surface area contributed by atoms with Crippen LogP contribution < -0.4 is 9.47 Å². The van der Waals surface area contributed by atoms with Gasteiger partial charge < -0.3 is 14.6 Å². The lowest BCUT2D eigenvalue weighted by Gasteiger charge is -2.22. The van der Waals surface area contributed by atoms with Crippen LogP contribution in [0.2, 0.25) is 0 Å². The van der Waals surface area contributed by atoms with E-state index in [0.717, 1.165) is 48.1 Å². The van der Waals surface area contributed by atoms with Crippen LogP contribution >= 0.6 is 0 Å². The molecular formula is C28H28FNO4. The van der Waals surface area contributed by atoms with Gasteiger partial charge in [-0.15, -0.1) is 0 Å². The molecule has 6 heteroatoms. The number of fused-ring (bicyclic) bond motifs is 1. The lowest BCUT2D eigenvalue weighted by Crippen LogP contribution is -2.20. The van der Waals surface area contributed by atoms with E-state index in [9.17, 15) is 14.3 Å². The average molecular weight is 462 g/mol. The maximum Gasteiger partial charge on any atom is 0.306 e. The number of nitrogens with zero attached hydrogens (tertiary/aromatic N) is 1. The van der Waals surface area contributed by atoms with Crippen molar-refractivity contribution in [3.8, 4) is 22.8 Å². The molecule has 1 aromatic heterocycles. The van der Waals surface area contributed by atoms with E-state index in [1.54, 1.807) is 32.4 Å². The zero-order valence-electron chi connectivity index (χ0n) is 19.3. The highest BCUT2D eigenvalue weighted by Gasteiger charge is 2.38. The zero-order valence-corrected chi connectivity index (χ0v) is 19.3. The highest BCUT2D eigenvalue weighted by Crippen LogP contribution is 2.47. The molecule has 1 fully saturated rings. The van der Waals surface area contributed by atoms with E-state index in [0.29, 0.717) is 22.9 Å². The SMILES string of the molecule is COc1ccc(F)c(-c2cc3c(cn2)[C@H](Oc2cccc(C(C4CC4)[C@H](C)C(=O)O)c2)CC3)c1. The maximum absolute atomic E-state index is 14.4. The van der Waals surface area contributed by atoms with E-state index >= 15 is 0 Å². The number of carboxylic acids is 1. The number of pyridine rings is 1. The molecule has 3 aromatic rings. The summed E-state index contributed by atoms with van der Waals surface area (Å²) < 4.78 is 26.0. The Labute approximate surface area is 198 Å². The van der Waals surface area contributed by atoms with Gasteiger partial charge in [-0.2, -0.15) is 0 Å². The van der Waals surface area contributed by atoms with Crippen LogP contribution in [0, 0.1) is 17.7 Å². The standard InChI is InChI=1S/C28H28FNO4/c1-16(28(31)32)27(17-6-7-17)19-4-3-5-21(12-19)34-26-11-8-18-13-25(30-15-23(18)26)22-14-20(33-2)9-10-24(22)29/h3-5,9-10,12-17,26-27H,6-8,11H2,1-2H3,(H,31,32)/t16-,26+,27?/m0/s1. The summed E-state index contributed by atoms with van der Waals surface area (Å²) in [5.41, 5.74) is 4.12. The highest BCUT2D eigenvalue weighted by molar-refractivity contribution is 5.71. The quantitative estimate of drug-likeness (QED) is 0.434. The second-order valence-electron chi connectivity index (χ2n) is 9.32. The molecule has 1 N–H and O–H groups in total. The number of aryl methyl sites for hydroxylation is 1. The molecular weight excluding hydrogens is 433 g/mol. The van der Waals surface area contributed by atoms with Crippen LogP contribution in [0.1, 0.15) is 54.9 Å². The third-order valence-electron chi connectivity index (χ3n) is 7.08. The number of hydrogen-bond donors (Lipinski definition) is 1. The van der Waals surface area contributed by atoms with Gasteiger partial charge in [0.1, 0.15) is 23.4 Å². The number of ether oxygens (including phenoxy) is 2. The molecule has 1 unspecified atom stereocenters. The largest absolute Gasteiger partial charge is 0.497 e. The summed E-state index contributed by atoms with van der Waals surface area (Å²) in [7, 11) is 1.55. The van der Waals surface area contributed by atoms with Crippen molar-refractivity contribution in [1.29, 1.82) is 0 Å². The fourth-order valence-corrected chi connectivity index (χ4v) is 5.09. The molecule has 5 nitrogen and oxygen atoms in total. The summed E-state index contributed by atoms with van der Waals surface area (Å²) in [6.45, 7) is 1.79. The van der Waals surface area contributed by atoms with Crippen LogP contribution in [0.15, 0.2) is 54.7 Å². The van der Waals surface area contributed by atoms with E-state index < -0.39 is 11.9 Å². The molecule has 2 aliphatic carbocycles. The summed E-state index contributed by atoms with van der Waals surface area (Å²) >= 11 is 0. The van der Waals surface area contributed by atoms with Crippen molar-refractivity contribution in [2.45, 2.75) is 44.6 Å². The molecule has 2 aromatic carbocycles. The number of rotatable bonds is 8. The number of hydrogen-bond acceptors (Lipinski definition) is 4. The van der Waals surface area contributed by atoms with Crippen molar-refractivity contribution in [3.63, 3.8) is 0 Å². The van der Waals surface area contributed by atoms with Gasteiger partial charge in [-0.05, 0) is 85.0 Å². The molecule has 0 aliphatic heterocycles. The molecule has 2 aliphatic rings. The number of benzene rings is 2. The van der Waals surface area contributed by atoms with Crippen LogP contribution in [-0.4, -0.2) is 23.2 Å². The van der Waals surface area contributed by atoms with Gasteiger partial charge in [0.2, 0.25) is 0 Å². The van der Waals surface area contributed by atoms with E-state index in [-0.39, 0.29) is 17.8 Å². The summed E-state index contributed by atoms with van der Waals surface area (Å²) in [5, 5.41) is 9.58. The molecule has 176 valence electrons. The van der Waals surface area contributed by atoms with Gasteiger partial charge >= 0.3 is 5.97 Å². The normalized spacial score (nSPS) is 18.7. The molecule has 0 saturated heterocycles.